The Kier molecular flexibility index (Phi) is 5.87. The number of aliphatic hydroxyl groups excluding tert-OH is 1. The Morgan fingerprint density at radius 2 is 2.15 bits per heavy atom. The molecule has 3 heterocycles. The predicted octanol–water partition coefficient (Wildman–Crippen LogP) is -1.06. The fourth-order valence-electron chi connectivity index (χ4n) is 3.10. The normalized spacial score (nSPS) is 15.7. The fourth-order valence-corrected chi connectivity index (χ4v) is 3.10. The number of hydrogen-bond donors (Lipinski definition) is 2. The van der Waals surface area contributed by atoms with Gasteiger partial charge in [-0.3, -0.25) is 14.4 Å². The van der Waals surface area contributed by atoms with Crippen LogP contribution in [0.3, 0.4) is 0 Å². The summed E-state index contributed by atoms with van der Waals surface area (Å²) >= 11 is 0. The summed E-state index contributed by atoms with van der Waals surface area (Å²) in [4.78, 5) is 30.6. The molecule has 27 heavy (non-hydrogen) atoms. The number of carbonyl (C=O) groups is 2. The maximum Gasteiger partial charge on any atom is 0.330 e. The van der Waals surface area contributed by atoms with E-state index in [0.29, 0.717) is 6.42 Å². The molecule has 2 aromatic rings. The molecule has 1 aliphatic heterocycles. The molecular weight excluding hydrogens is 352 g/mol. The number of hydrogen-bond acceptors (Lipinski definition) is 7. The average molecular weight is 376 g/mol. The van der Waals surface area contributed by atoms with Crippen molar-refractivity contribution >= 4 is 11.9 Å². The van der Waals surface area contributed by atoms with Crippen molar-refractivity contribution < 1.29 is 19.4 Å². The van der Waals surface area contributed by atoms with Crippen molar-refractivity contribution in [2.45, 2.75) is 25.6 Å². The molecule has 0 aromatic carbocycles. The Bertz CT molecular complexity index is 789. The molecule has 0 fully saturated rings. The van der Waals surface area contributed by atoms with Gasteiger partial charge in [0, 0.05) is 57.6 Å². The summed E-state index contributed by atoms with van der Waals surface area (Å²) in [5.41, 5.74) is 1.39. The van der Waals surface area contributed by atoms with E-state index in [9.17, 15) is 14.7 Å². The Balaban J connectivity index is 1.61. The Hall–Kier alpha value is -2.72. The van der Waals surface area contributed by atoms with Crippen LogP contribution in [-0.2, 0) is 36.1 Å². The summed E-state index contributed by atoms with van der Waals surface area (Å²) in [7, 11) is 3.10. The van der Waals surface area contributed by atoms with Crippen molar-refractivity contribution in [1.29, 1.82) is 0 Å². The number of aryl methyl sites for hydroxylation is 1. The molecule has 1 atom stereocenters. The molecule has 2 N–H and O–H groups in total. The lowest BCUT2D eigenvalue weighted by atomic mass is 10.3. The van der Waals surface area contributed by atoms with Crippen LogP contribution in [0.4, 0.5) is 0 Å². The zero-order valence-electron chi connectivity index (χ0n) is 15.5. The second kappa shape index (κ2) is 8.31. The lowest BCUT2D eigenvalue weighted by Crippen LogP contribution is -2.44. The van der Waals surface area contributed by atoms with Crippen LogP contribution in [0.1, 0.15) is 21.9 Å². The first kappa shape index (κ1) is 19.1. The third-order valence-corrected chi connectivity index (χ3v) is 4.54. The molecule has 2 aromatic heterocycles. The lowest BCUT2D eigenvalue weighted by molar-refractivity contribution is -0.143. The van der Waals surface area contributed by atoms with E-state index in [2.05, 4.69) is 25.0 Å². The maximum absolute atomic E-state index is 12.3. The van der Waals surface area contributed by atoms with Crippen LogP contribution in [0.15, 0.2) is 18.6 Å². The van der Waals surface area contributed by atoms with Gasteiger partial charge < -0.3 is 19.7 Å². The molecule has 0 saturated heterocycles. The lowest BCUT2D eigenvalue weighted by Gasteiger charge is -2.18. The third-order valence-electron chi connectivity index (χ3n) is 4.54. The zero-order valence-corrected chi connectivity index (χ0v) is 15.5. The number of imidazole rings is 1. The van der Waals surface area contributed by atoms with Gasteiger partial charge in [-0.1, -0.05) is 0 Å². The van der Waals surface area contributed by atoms with E-state index in [1.165, 1.54) is 7.11 Å². The summed E-state index contributed by atoms with van der Waals surface area (Å²) in [6.07, 6.45) is 6.27. The molecule has 0 saturated carbocycles. The largest absolute Gasteiger partial charge is 0.467 e. The van der Waals surface area contributed by atoms with Crippen LogP contribution in [-0.4, -0.2) is 74.1 Å². The van der Waals surface area contributed by atoms with Crippen LogP contribution < -0.4 is 5.32 Å². The van der Waals surface area contributed by atoms with E-state index >= 15 is 0 Å². The number of rotatable bonds is 6. The number of nitrogens with one attached hydrogen (secondary N) is 1. The number of aliphatic hydroxyl groups is 1. The summed E-state index contributed by atoms with van der Waals surface area (Å²) in [5.74, 6) is -0.377. The topological polar surface area (TPSA) is 115 Å². The molecule has 0 bridgehead atoms. The first-order valence-electron chi connectivity index (χ1n) is 8.75. The minimum absolute atomic E-state index is 0.230. The number of fused-ring (bicyclic) bond motifs is 1. The van der Waals surface area contributed by atoms with Crippen molar-refractivity contribution in [3.8, 4) is 0 Å². The molecular formula is C17H24N6O4. The molecule has 146 valence electrons. The van der Waals surface area contributed by atoms with Crippen LogP contribution >= 0.6 is 0 Å². The summed E-state index contributed by atoms with van der Waals surface area (Å²) in [6.45, 7) is 2.67. The smallest absolute Gasteiger partial charge is 0.330 e. The van der Waals surface area contributed by atoms with Gasteiger partial charge in [0.2, 0.25) is 0 Å². The number of methoxy groups -OCH3 is 1. The Morgan fingerprint density at radius 3 is 2.81 bits per heavy atom. The predicted molar refractivity (Wildman–Crippen MR) is 94.8 cm³/mol. The van der Waals surface area contributed by atoms with E-state index in [-0.39, 0.29) is 5.69 Å². The fraction of sp³-hybridized carbons (Fsp3) is 0.529. The molecule has 1 aliphatic rings. The van der Waals surface area contributed by atoms with E-state index in [1.807, 2.05) is 24.0 Å². The van der Waals surface area contributed by atoms with Gasteiger partial charge in [0.05, 0.1) is 19.9 Å². The van der Waals surface area contributed by atoms with Gasteiger partial charge in [-0.2, -0.15) is 5.10 Å². The monoisotopic (exact) mass is 376 g/mol. The second-order valence-electron chi connectivity index (χ2n) is 6.52. The summed E-state index contributed by atoms with van der Waals surface area (Å²) in [6, 6.07) is -1.10. The highest BCUT2D eigenvalue weighted by molar-refractivity contribution is 5.95. The number of nitrogens with zero attached hydrogens (tertiary/aromatic N) is 5. The highest BCUT2D eigenvalue weighted by atomic mass is 16.5. The van der Waals surface area contributed by atoms with Gasteiger partial charge in [-0.05, 0) is 0 Å². The van der Waals surface area contributed by atoms with E-state index < -0.39 is 24.5 Å². The number of ether oxygens (including phenoxy) is 1. The number of esters is 1. The van der Waals surface area contributed by atoms with Crippen LogP contribution in [0.25, 0.3) is 0 Å². The van der Waals surface area contributed by atoms with Gasteiger partial charge >= 0.3 is 5.97 Å². The van der Waals surface area contributed by atoms with Gasteiger partial charge in [0.1, 0.15) is 11.5 Å². The van der Waals surface area contributed by atoms with Crippen molar-refractivity contribution in [1.82, 2.24) is 29.5 Å². The van der Waals surface area contributed by atoms with Crippen molar-refractivity contribution in [3.05, 3.63) is 35.7 Å². The first-order valence-corrected chi connectivity index (χ1v) is 8.75. The van der Waals surface area contributed by atoms with Crippen molar-refractivity contribution in [2.24, 2.45) is 7.05 Å². The highest BCUT2D eigenvalue weighted by Crippen LogP contribution is 2.13. The van der Waals surface area contributed by atoms with E-state index in [4.69, 9.17) is 0 Å². The average Bonchev–Trinajstić information content (AvgIpc) is 3.22. The molecule has 0 radical (unpaired) electrons. The molecule has 10 heteroatoms. The SMILES string of the molecule is COC(=O)C(CO)NC(=O)c1cn2c(n1)CCN(Cc1cnn(C)c1)CC2. The maximum atomic E-state index is 12.3. The third kappa shape index (κ3) is 4.52. The quantitative estimate of drug-likeness (QED) is 0.618. The Morgan fingerprint density at radius 1 is 1.33 bits per heavy atom. The van der Waals surface area contributed by atoms with Crippen LogP contribution in [0.5, 0.6) is 0 Å². The van der Waals surface area contributed by atoms with Gasteiger partial charge in [-0.25, -0.2) is 9.78 Å². The van der Waals surface area contributed by atoms with Crippen molar-refractivity contribution in [3.63, 3.8) is 0 Å². The van der Waals surface area contributed by atoms with E-state index in [1.54, 1.807) is 10.9 Å². The first-order chi connectivity index (χ1) is 13.0. The minimum atomic E-state index is -1.10. The molecule has 1 unspecified atom stereocenters. The van der Waals surface area contributed by atoms with Crippen LogP contribution in [0, 0.1) is 0 Å². The number of amides is 1. The van der Waals surface area contributed by atoms with Crippen molar-refractivity contribution in [2.75, 3.05) is 26.8 Å². The molecule has 10 nitrogen and oxygen atoms in total. The summed E-state index contributed by atoms with van der Waals surface area (Å²) < 4.78 is 8.30. The molecule has 0 aliphatic carbocycles. The minimum Gasteiger partial charge on any atom is -0.467 e. The van der Waals surface area contributed by atoms with Gasteiger partial charge in [0.15, 0.2) is 6.04 Å². The highest BCUT2D eigenvalue weighted by Gasteiger charge is 2.24. The second-order valence-corrected chi connectivity index (χ2v) is 6.52. The van der Waals surface area contributed by atoms with Crippen LogP contribution in [0.2, 0.25) is 0 Å². The molecule has 3 rings (SSSR count). The zero-order chi connectivity index (χ0) is 19.4. The number of carbonyl (C=O) groups excluding carboxylic acids is 2. The molecule has 0 spiro atoms. The number of aromatic nitrogens is 4. The van der Waals surface area contributed by atoms with E-state index in [0.717, 1.165) is 37.6 Å². The Labute approximate surface area is 156 Å². The van der Waals surface area contributed by atoms with Gasteiger partial charge in [0.25, 0.3) is 5.91 Å². The molecule has 1 amide bonds. The summed E-state index contributed by atoms with van der Waals surface area (Å²) in [5, 5.41) is 15.9. The van der Waals surface area contributed by atoms with Gasteiger partial charge in [-0.15, -0.1) is 0 Å². The standard InChI is InChI=1S/C17H24N6O4/c1-21-8-12(7-18-21)9-22-4-3-15-19-13(10-23(15)6-5-22)16(25)20-14(11-24)17(26)27-2/h7-8,10,14,24H,3-6,9,11H2,1-2H3,(H,20,25).